The van der Waals surface area contributed by atoms with Crippen molar-refractivity contribution in [1.29, 1.82) is 0 Å². The Bertz CT molecular complexity index is 293. The average Bonchev–Trinajstić information content (AvgIpc) is 2.17. The number of ether oxygens (including phenoxy) is 1. The monoisotopic (exact) mass is 433 g/mol. The van der Waals surface area contributed by atoms with Crippen LogP contribution in [0.3, 0.4) is 0 Å². The van der Waals surface area contributed by atoms with Crippen LogP contribution in [0, 0.1) is 0 Å². The maximum absolute atomic E-state index is 10.9. The molecule has 1 heterocycles. The minimum Gasteiger partial charge on any atom is -0.465 e. The Hall–Kier alpha value is -2.65. The van der Waals surface area contributed by atoms with Crippen LogP contribution in [0.4, 0.5) is 5.95 Å². The Morgan fingerprint density at radius 2 is 2.31 bits per heavy atom. The molecule has 1 aromatic heterocycles. The predicted molar refractivity (Wildman–Crippen MR) is 42.3 cm³/mol. The van der Waals surface area contributed by atoms with E-state index in [2.05, 4.69) is 20.0 Å². The zero-order chi connectivity index (χ0) is 8.97. The maximum Gasteiger partial charge on any atom is 0.340 e. The van der Waals surface area contributed by atoms with E-state index in [1.54, 1.807) is 7.05 Å². The quantitative estimate of drug-likeness (QED) is 0.651. The van der Waals surface area contributed by atoms with Crippen LogP contribution in [0.5, 0.6) is 0 Å². The summed E-state index contributed by atoms with van der Waals surface area (Å²) in [6.07, 6.45) is 1.46. The Morgan fingerprint density at radius 3 is 2.85 bits per heavy atom. The molecule has 0 bridgehead atoms. The molecule has 0 atom stereocenters. The van der Waals surface area contributed by atoms with Gasteiger partial charge in [0.2, 0.25) is 0 Å². The maximum atomic E-state index is 10.9. The van der Waals surface area contributed by atoms with Crippen LogP contribution in [0.2, 0.25) is 0 Å². The van der Waals surface area contributed by atoms with Gasteiger partial charge in [0.25, 0.3) is 0 Å². The van der Waals surface area contributed by atoms with E-state index < -0.39 is 5.97 Å². The van der Waals surface area contributed by atoms with Gasteiger partial charge in [-0.25, -0.2) is 4.79 Å². The summed E-state index contributed by atoms with van der Waals surface area (Å²) in [5.74, 6) is -0.208. The molecule has 1 aromatic rings. The van der Waals surface area contributed by atoms with Crippen molar-refractivity contribution in [2.45, 2.75) is 0 Å². The molecule has 0 saturated carbocycles. The number of carbonyl (C=O) groups is 1. The minimum atomic E-state index is -0.484. The first-order chi connectivity index (χ1) is 5.77. The fourth-order valence-corrected chi connectivity index (χ4v) is 0.674. The predicted octanol–water partition coefficient (Wildman–Crippen LogP) is 0.898. The van der Waals surface area contributed by atoms with Crippen molar-refractivity contribution in [2.75, 3.05) is 14.2 Å². The number of carbonyl (C=O) groups excluding carboxylic acids is 1. The van der Waals surface area contributed by atoms with Crippen molar-refractivity contribution in [1.82, 2.24) is 9.97 Å². The van der Waals surface area contributed by atoms with Crippen LogP contribution in [0.1, 0.15) is 10.5 Å². The molecule has 0 saturated heterocycles. The summed E-state index contributed by atoms with van der Waals surface area (Å²) in [5.41, 5.74) is 0.216. The van der Waals surface area contributed by atoms with Crippen LogP contribution in [-0.2, 0) is 4.74 Å². The summed E-state index contributed by atoms with van der Waals surface area (Å²) >= 11 is 0. The smallest absolute Gasteiger partial charge is 0.340 e. The molecule has 0 N–H and O–H groups in total. The number of esters is 1. The first-order valence-electron chi connectivity index (χ1n) is 3.29. The van der Waals surface area contributed by atoms with Gasteiger partial charge in [-0.05, 0) is 19.3 Å². The number of rotatable bonds is 2. The minimum absolute atomic E-state index is 0. The van der Waals surface area contributed by atoms with E-state index in [0.29, 0.717) is 0 Å². The zero-order valence-corrected chi connectivity index (χ0v) is 13.9. The van der Waals surface area contributed by atoms with Gasteiger partial charge in [0.15, 0.2) is 0 Å². The number of nitrogens with zero attached hydrogens (tertiary/aromatic N) is 3. The Kier molecular flexibility index (Phi) is 3.40. The van der Waals surface area contributed by atoms with Crippen molar-refractivity contribution in [3.05, 3.63) is 23.3 Å². The molecular weight excluding hydrogens is 425 g/mol. The van der Waals surface area contributed by atoms with Gasteiger partial charge in [0.05, 0.1) is 12.8 Å². The number of aromatic nitrogens is 2. The fourth-order valence-electron chi connectivity index (χ4n) is 0.674. The number of hydrogen-bond donors (Lipinski definition) is 0. The Morgan fingerprint density at radius 1 is 1.62 bits per heavy atom. The number of hydrogen-bond acceptors (Lipinski definition) is 4. The van der Waals surface area contributed by atoms with Crippen molar-refractivity contribution in [2.24, 2.45) is 0 Å². The van der Waals surface area contributed by atoms with Crippen LogP contribution in [0.15, 0.2) is 12.3 Å². The van der Waals surface area contributed by atoms with E-state index in [4.69, 9.17) is 0 Å². The molecule has 13 heavy (non-hydrogen) atoms. The van der Waals surface area contributed by atoms with Gasteiger partial charge in [-0.3, -0.25) is 0 Å². The van der Waals surface area contributed by atoms with Gasteiger partial charge < -0.3 is 20.0 Å². The second kappa shape index (κ2) is 4.27. The van der Waals surface area contributed by atoms with Crippen molar-refractivity contribution >= 4 is 11.9 Å². The third kappa shape index (κ3) is 2.14. The molecule has 0 aliphatic rings. The molecule has 0 aliphatic heterocycles. The molecule has 66 valence electrons. The first kappa shape index (κ1) is 10.3. The molecular formula is C7H8N3O2Rf-. The van der Waals surface area contributed by atoms with Crippen LogP contribution in [-0.4, -0.2) is 30.1 Å². The van der Waals surface area contributed by atoms with Gasteiger partial charge in [-0.15, -0.1) is 0 Å². The van der Waals surface area contributed by atoms with E-state index in [1.807, 2.05) is 0 Å². The third-order valence-electron chi connectivity index (χ3n) is 1.24. The third-order valence-corrected chi connectivity index (χ3v) is 1.24. The summed E-state index contributed by atoms with van der Waals surface area (Å²) in [4.78, 5) is 18.5. The van der Waals surface area contributed by atoms with E-state index in [9.17, 15) is 4.79 Å². The van der Waals surface area contributed by atoms with E-state index in [1.165, 1.54) is 19.4 Å². The molecule has 0 spiro atoms. The summed E-state index contributed by atoms with van der Waals surface area (Å²) in [6.45, 7) is 0. The standard InChI is InChI=1S/C7H8N3O2.Rf/c1-8-7-9-4-3-5(10-7)6(11)12-2;/h3-4H,1-2H3;/q-1;. The second-order valence-electron chi connectivity index (χ2n) is 1.96. The SMILES string of the molecule is C[N-]c1nccc(C(=O)OC)n1.[Rf]. The van der Waals surface area contributed by atoms with Crippen LogP contribution < -0.4 is 0 Å². The fraction of sp³-hybridized carbons (Fsp3) is 0.286. The van der Waals surface area contributed by atoms with Gasteiger partial charge in [-0.2, -0.15) is 0 Å². The van der Waals surface area contributed by atoms with Crippen molar-refractivity contribution < 1.29 is 9.53 Å². The van der Waals surface area contributed by atoms with Crippen LogP contribution in [0.25, 0.3) is 5.32 Å². The van der Waals surface area contributed by atoms with Gasteiger partial charge in [0, 0.05) is 5.95 Å². The van der Waals surface area contributed by atoms with E-state index in [0.717, 1.165) is 0 Å². The largest absolute Gasteiger partial charge is 0.465 e. The second-order valence-corrected chi connectivity index (χ2v) is 1.96. The van der Waals surface area contributed by atoms with Crippen molar-refractivity contribution in [3.63, 3.8) is 0 Å². The van der Waals surface area contributed by atoms with E-state index >= 15 is 0 Å². The topological polar surface area (TPSA) is 66.2 Å². The molecule has 5 nitrogen and oxygen atoms in total. The molecule has 0 aromatic carbocycles. The summed E-state index contributed by atoms with van der Waals surface area (Å²) in [5, 5.41) is 3.72. The summed E-state index contributed by atoms with van der Waals surface area (Å²) < 4.78 is 4.46. The van der Waals surface area contributed by atoms with Gasteiger partial charge in [0.1, 0.15) is 0 Å². The molecule has 0 aliphatic carbocycles. The van der Waals surface area contributed by atoms with E-state index in [-0.39, 0.29) is 11.6 Å². The molecule has 1 rings (SSSR count). The normalized spacial score (nSPS) is 8.46. The Balaban J connectivity index is 0.00000144. The summed E-state index contributed by atoms with van der Waals surface area (Å²) in [6, 6.07) is 1.47. The molecule has 0 radical (unpaired) electrons. The Labute approximate surface area is 69.8 Å². The summed E-state index contributed by atoms with van der Waals surface area (Å²) in [7, 11) is 2.85. The number of methoxy groups -OCH3 is 1. The molecule has 0 fully saturated rings. The average molecular weight is 433 g/mol. The zero-order valence-electron chi connectivity index (χ0n) is 7.52. The van der Waals surface area contributed by atoms with Gasteiger partial charge in [-0.1, -0.05) is 0 Å². The van der Waals surface area contributed by atoms with Crippen molar-refractivity contribution in [3.8, 4) is 0 Å². The molecule has 6 heteroatoms. The van der Waals surface area contributed by atoms with Crippen LogP contribution >= 0.6 is 0 Å². The first-order valence-corrected chi connectivity index (χ1v) is 3.29. The van der Waals surface area contributed by atoms with Gasteiger partial charge >= 0.3 is 5.97 Å². The molecule has 0 unspecified atom stereocenters. The molecule has 0 amide bonds.